The van der Waals surface area contributed by atoms with Crippen LogP contribution in [0, 0.1) is 12.2 Å². The van der Waals surface area contributed by atoms with Crippen LogP contribution in [0.2, 0.25) is 0 Å². The minimum Gasteiger partial charge on any atom is -1.00 e. The Bertz CT molecular complexity index is 749. The van der Waals surface area contributed by atoms with Crippen molar-refractivity contribution in [2.75, 3.05) is 0 Å². The Kier molecular flexibility index (Phi) is 17.8. The Morgan fingerprint density at radius 1 is 0.548 bits per heavy atom. The average Bonchev–Trinajstić information content (AvgIpc) is 3.45. The molecule has 0 aliphatic heterocycles. The minimum absolute atomic E-state index is 0. The monoisotopic (exact) mass is 526 g/mol. The third-order valence-electron chi connectivity index (χ3n) is 5.04. The van der Waals surface area contributed by atoms with Gasteiger partial charge in [-0.15, -0.1) is 12.8 Å². The van der Waals surface area contributed by atoms with Crippen LogP contribution in [0.4, 0.5) is 0 Å². The minimum atomic E-state index is 0. The molecule has 0 saturated heterocycles. The standard InChI is InChI=1S/2C14H15.2ClH.Zr/c2*1-2-7-13(8-3-1)11-6-12-14-9-4-5-10-14;;;/h2*1-4,7-9H,5-6,11-12H2;2*1H;/q2*-1;;;+4/p-2. The van der Waals surface area contributed by atoms with Crippen molar-refractivity contribution >= 4 is 0 Å². The maximum absolute atomic E-state index is 3.35. The summed E-state index contributed by atoms with van der Waals surface area (Å²) >= 11 is 0. The van der Waals surface area contributed by atoms with Crippen molar-refractivity contribution in [1.29, 1.82) is 0 Å². The van der Waals surface area contributed by atoms with E-state index in [0.29, 0.717) is 0 Å². The second-order valence-corrected chi connectivity index (χ2v) is 7.30. The first-order chi connectivity index (χ1) is 13.9. The summed E-state index contributed by atoms with van der Waals surface area (Å²) in [6.45, 7) is 0. The smallest absolute Gasteiger partial charge is 1.00 e. The Labute approximate surface area is 220 Å². The van der Waals surface area contributed by atoms with E-state index in [1.165, 1.54) is 60.8 Å². The fraction of sp³-hybridized carbons (Fsp3) is 0.286. The van der Waals surface area contributed by atoms with Crippen molar-refractivity contribution in [1.82, 2.24) is 0 Å². The predicted molar refractivity (Wildman–Crippen MR) is 120 cm³/mol. The van der Waals surface area contributed by atoms with Gasteiger partial charge >= 0.3 is 26.2 Å². The molecule has 2 aromatic carbocycles. The molecule has 160 valence electrons. The molecule has 0 fully saturated rings. The van der Waals surface area contributed by atoms with E-state index in [1.807, 2.05) is 0 Å². The van der Waals surface area contributed by atoms with Crippen LogP contribution in [0.15, 0.2) is 96.1 Å². The molecule has 0 aromatic heterocycles. The zero-order chi connectivity index (χ0) is 19.3. The molecule has 2 aromatic rings. The van der Waals surface area contributed by atoms with Crippen molar-refractivity contribution in [2.24, 2.45) is 0 Å². The number of allylic oxidation sites excluding steroid dienone is 8. The van der Waals surface area contributed by atoms with Gasteiger partial charge in [0, 0.05) is 0 Å². The Morgan fingerprint density at radius 3 is 1.26 bits per heavy atom. The van der Waals surface area contributed by atoms with Gasteiger partial charge in [0.15, 0.2) is 0 Å². The topological polar surface area (TPSA) is 0 Å². The summed E-state index contributed by atoms with van der Waals surface area (Å²) in [5.74, 6) is 0. The molecule has 0 heterocycles. The molecule has 0 nitrogen and oxygen atoms in total. The molecule has 0 N–H and O–H groups in total. The predicted octanol–water partition coefficient (Wildman–Crippen LogP) is 1.40. The molecular formula is C28H30Cl2Zr. The van der Waals surface area contributed by atoms with Crippen molar-refractivity contribution in [2.45, 2.75) is 51.4 Å². The number of aryl methyl sites for hydroxylation is 2. The van der Waals surface area contributed by atoms with E-state index < -0.39 is 0 Å². The molecule has 0 unspecified atom stereocenters. The van der Waals surface area contributed by atoms with Crippen LogP contribution in [0.5, 0.6) is 0 Å². The van der Waals surface area contributed by atoms with E-state index in [-0.39, 0.29) is 51.0 Å². The fourth-order valence-corrected chi connectivity index (χ4v) is 3.50. The van der Waals surface area contributed by atoms with Crippen LogP contribution in [0.3, 0.4) is 0 Å². The van der Waals surface area contributed by atoms with Crippen LogP contribution < -0.4 is 24.8 Å². The third kappa shape index (κ3) is 12.5. The summed E-state index contributed by atoms with van der Waals surface area (Å²) in [5.41, 5.74) is 5.66. The molecule has 0 atom stereocenters. The van der Waals surface area contributed by atoms with E-state index in [4.69, 9.17) is 0 Å². The summed E-state index contributed by atoms with van der Waals surface area (Å²) in [6, 6.07) is 21.4. The van der Waals surface area contributed by atoms with Crippen molar-refractivity contribution < 1.29 is 51.0 Å². The molecule has 31 heavy (non-hydrogen) atoms. The summed E-state index contributed by atoms with van der Waals surface area (Å²) < 4.78 is 0. The number of hydrogen-bond acceptors (Lipinski definition) is 0. The molecule has 0 spiro atoms. The third-order valence-corrected chi connectivity index (χ3v) is 5.04. The molecule has 0 bridgehead atoms. The van der Waals surface area contributed by atoms with Gasteiger partial charge in [-0.25, -0.2) is 23.3 Å². The molecule has 2 aliphatic rings. The molecule has 3 heteroatoms. The van der Waals surface area contributed by atoms with Crippen LogP contribution in [0.1, 0.15) is 49.7 Å². The number of hydrogen-bond donors (Lipinski definition) is 0. The van der Waals surface area contributed by atoms with Crippen molar-refractivity contribution in [3.8, 4) is 0 Å². The number of benzene rings is 2. The number of rotatable bonds is 8. The molecule has 4 rings (SSSR count). The molecule has 0 saturated carbocycles. The first-order valence-electron chi connectivity index (χ1n) is 10.5. The van der Waals surface area contributed by atoms with Gasteiger partial charge in [-0.05, 0) is 36.8 Å². The molecule has 0 radical (unpaired) electrons. The van der Waals surface area contributed by atoms with E-state index in [2.05, 4.69) is 97.1 Å². The fourth-order valence-electron chi connectivity index (χ4n) is 3.50. The van der Waals surface area contributed by atoms with E-state index in [0.717, 1.165) is 12.8 Å². The number of halogens is 2. The summed E-state index contributed by atoms with van der Waals surface area (Å²) in [6.07, 6.45) is 24.7. The normalized spacial score (nSPS) is 13.0. The van der Waals surface area contributed by atoms with Crippen LogP contribution in [-0.2, 0) is 39.0 Å². The van der Waals surface area contributed by atoms with Crippen LogP contribution in [0.25, 0.3) is 0 Å². The van der Waals surface area contributed by atoms with E-state index in [1.54, 1.807) is 0 Å². The van der Waals surface area contributed by atoms with E-state index >= 15 is 0 Å². The summed E-state index contributed by atoms with van der Waals surface area (Å²) in [7, 11) is 0. The zero-order valence-corrected chi connectivity index (χ0v) is 22.0. The van der Waals surface area contributed by atoms with Crippen LogP contribution >= 0.6 is 0 Å². The zero-order valence-electron chi connectivity index (χ0n) is 18.0. The first-order valence-corrected chi connectivity index (χ1v) is 10.5. The van der Waals surface area contributed by atoms with Gasteiger partial charge in [0.05, 0.1) is 0 Å². The van der Waals surface area contributed by atoms with Gasteiger partial charge < -0.3 is 24.8 Å². The van der Waals surface area contributed by atoms with Gasteiger partial charge in [0.25, 0.3) is 0 Å². The summed E-state index contributed by atoms with van der Waals surface area (Å²) in [4.78, 5) is 0. The van der Waals surface area contributed by atoms with Gasteiger partial charge in [-0.3, -0.25) is 12.2 Å². The second kappa shape index (κ2) is 18.4. The Morgan fingerprint density at radius 2 is 0.935 bits per heavy atom. The largest absolute Gasteiger partial charge is 4.00 e. The second-order valence-electron chi connectivity index (χ2n) is 7.30. The maximum atomic E-state index is 3.35. The van der Waals surface area contributed by atoms with Crippen molar-refractivity contribution in [3.05, 3.63) is 119 Å². The van der Waals surface area contributed by atoms with Gasteiger partial charge in [-0.1, -0.05) is 73.5 Å². The average molecular weight is 529 g/mol. The van der Waals surface area contributed by atoms with Gasteiger partial charge in [0.1, 0.15) is 0 Å². The summed E-state index contributed by atoms with van der Waals surface area (Å²) in [5, 5.41) is 0. The Hall–Kier alpha value is -1.14. The Balaban J connectivity index is 0.000000529. The molecule has 0 amide bonds. The first kappa shape index (κ1) is 29.9. The SMILES string of the molecule is [C-]1=C(CCCc2ccccc2)C=CC1.[C-]1=C(CCCc2ccccc2)C=CC1.[Cl-].[Cl-].[Zr+4]. The molecular weight excluding hydrogens is 498 g/mol. The van der Waals surface area contributed by atoms with Gasteiger partial charge in [-0.2, -0.15) is 12.2 Å². The van der Waals surface area contributed by atoms with E-state index in [9.17, 15) is 0 Å². The quantitative estimate of drug-likeness (QED) is 0.455. The van der Waals surface area contributed by atoms with Crippen molar-refractivity contribution in [3.63, 3.8) is 0 Å². The maximum Gasteiger partial charge on any atom is 4.00 e. The molecule has 2 aliphatic carbocycles. The van der Waals surface area contributed by atoms with Gasteiger partial charge in [0.2, 0.25) is 0 Å². The van der Waals surface area contributed by atoms with Crippen LogP contribution in [-0.4, -0.2) is 0 Å².